The Kier molecular flexibility index (Phi) is 6.66. The first-order valence-electron chi connectivity index (χ1n) is 13.8. The molecule has 10 nitrogen and oxygen atoms in total. The fourth-order valence-electron chi connectivity index (χ4n) is 6.58. The summed E-state index contributed by atoms with van der Waals surface area (Å²) in [6.45, 7) is 6.85. The number of hydrogen-bond donors (Lipinski definition) is 2. The van der Waals surface area contributed by atoms with Crippen molar-refractivity contribution in [1.82, 2.24) is 9.62 Å². The van der Waals surface area contributed by atoms with Crippen LogP contribution in [0.4, 0.5) is 10.5 Å². The zero-order valence-corrected chi connectivity index (χ0v) is 23.9. The molecule has 0 spiro atoms. The molecule has 7 atom stereocenters. The number of nitrogens with zero attached hydrogens (tertiary/aromatic N) is 1. The molecule has 4 unspecified atom stereocenters. The summed E-state index contributed by atoms with van der Waals surface area (Å²) in [5.41, 5.74) is 6.02. The average Bonchev–Trinajstić information content (AvgIpc) is 3.50. The quantitative estimate of drug-likeness (QED) is 0.506. The Hall–Kier alpha value is -2.70. The van der Waals surface area contributed by atoms with Crippen LogP contribution in [-0.2, 0) is 29.0 Å². The first-order valence-corrected chi connectivity index (χ1v) is 15.2. The number of fused-ring (bicyclic) bond motifs is 1. The maximum atomic E-state index is 13.6. The predicted octanol–water partition coefficient (Wildman–Crippen LogP) is 3.24. The van der Waals surface area contributed by atoms with E-state index in [4.69, 9.17) is 24.7 Å². The average molecular weight is 572 g/mol. The highest BCUT2D eigenvalue weighted by Crippen LogP contribution is 2.56. The van der Waals surface area contributed by atoms with Crippen LogP contribution in [0.3, 0.4) is 0 Å². The van der Waals surface area contributed by atoms with Gasteiger partial charge in [0.1, 0.15) is 6.10 Å². The van der Waals surface area contributed by atoms with Crippen molar-refractivity contribution in [2.24, 2.45) is 5.41 Å². The minimum absolute atomic E-state index is 0.0619. The lowest BCUT2D eigenvalue weighted by Gasteiger charge is -2.41. The number of nitrogens with two attached hydrogens (primary N) is 1. The number of anilines is 1. The van der Waals surface area contributed by atoms with Crippen molar-refractivity contribution in [3.63, 3.8) is 0 Å². The lowest BCUT2D eigenvalue weighted by molar-refractivity contribution is -0.201. The van der Waals surface area contributed by atoms with E-state index < -0.39 is 45.1 Å². The van der Waals surface area contributed by atoms with Gasteiger partial charge in [0.05, 0.1) is 41.3 Å². The molecule has 2 aromatic carbocycles. The number of nitrogen functional groups attached to an aromatic ring is 1. The summed E-state index contributed by atoms with van der Waals surface area (Å²) in [7, 11) is -3.81. The monoisotopic (exact) mass is 571 g/mol. The third-order valence-corrected chi connectivity index (χ3v) is 11.2. The highest BCUT2D eigenvalue weighted by Gasteiger charge is 2.65. The van der Waals surface area contributed by atoms with E-state index in [1.54, 1.807) is 12.1 Å². The molecule has 40 heavy (non-hydrogen) atoms. The largest absolute Gasteiger partial charge is 0.443 e. The van der Waals surface area contributed by atoms with Crippen LogP contribution in [0, 0.1) is 5.41 Å². The molecule has 3 N–H and O–H groups in total. The van der Waals surface area contributed by atoms with Gasteiger partial charge in [0, 0.05) is 24.7 Å². The highest BCUT2D eigenvalue weighted by atomic mass is 32.2. The molecule has 1 amide bonds. The van der Waals surface area contributed by atoms with Gasteiger partial charge in [0.15, 0.2) is 5.79 Å². The molecular formula is C29H37N3O7S. The number of ether oxygens (including phenoxy) is 4. The van der Waals surface area contributed by atoms with Crippen molar-refractivity contribution in [2.45, 2.75) is 74.1 Å². The number of morpholine rings is 1. The lowest BCUT2D eigenvalue weighted by Crippen LogP contribution is -2.59. The topological polar surface area (TPSA) is 129 Å². The molecule has 1 aliphatic carbocycles. The smallest absolute Gasteiger partial charge is 0.408 e. The van der Waals surface area contributed by atoms with Gasteiger partial charge in [0.25, 0.3) is 0 Å². The van der Waals surface area contributed by atoms with Crippen LogP contribution in [0.15, 0.2) is 59.5 Å². The first kappa shape index (κ1) is 27.5. The Morgan fingerprint density at radius 2 is 1.80 bits per heavy atom. The molecule has 3 aliphatic heterocycles. The van der Waals surface area contributed by atoms with Crippen LogP contribution in [0.25, 0.3) is 0 Å². The second kappa shape index (κ2) is 9.70. The van der Waals surface area contributed by atoms with Gasteiger partial charge in [-0.3, -0.25) is 0 Å². The Morgan fingerprint density at radius 3 is 2.52 bits per heavy atom. The van der Waals surface area contributed by atoms with E-state index in [1.165, 1.54) is 16.4 Å². The fourth-order valence-corrected chi connectivity index (χ4v) is 8.09. The van der Waals surface area contributed by atoms with Crippen molar-refractivity contribution >= 4 is 21.8 Å². The van der Waals surface area contributed by atoms with Gasteiger partial charge in [-0.2, -0.15) is 4.31 Å². The summed E-state index contributed by atoms with van der Waals surface area (Å²) in [6.07, 6.45) is -0.696. The minimum Gasteiger partial charge on any atom is -0.443 e. The van der Waals surface area contributed by atoms with Crippen molar-refractivity contribution in [3.05, 3.63) is 60.2 Å². The second-order valence-corrected chi connectivity index (χ2v) is 13.8. The first-order chi connectivity index (χ1) is 19.0. The summed E-state index contributed by atoms with van der Waals surface area (Å²) in [5, 5.41) is 3.14. The number of benzene rings is 2. The number of alkyl carbamates (subject to hydrolysis) is 1. The summed E-state index contributed by atoms with van der Waals surface area (Å²) in [6, 6.07) is 16.1. The van der Waals surface area contributed by atoms with Crippen molar-refractivity contribution in [3.8, 4) is 0 Å². The lowest BCUT2D eigenvalue weighted by atomic mass is 9.78. The number of hydrogen-bond acceptors (Lipinski definition) is 8. The maximum Gasteiger partial charge on any atom is 0.408 e. The Morgan fingerprint density at radius 1 is 1.07 bits per heavy atom. The molecule has 216 valence electrons. The number of nitrogens with one attached hydrogen (secondary N) is 1. The van der Waals surface area contributed by atoms with Gasteiger partial charge in [0.2, 0.25) is 10.0 Å². The summed E-state index contributed by atoms with van der Waals surface area (Å²) in [4.78, 5) is 13.7. The Balaban J connectivity index is 1.26. The van der Waals surface area contributed by atoms with E-state index in [9.17, 15) is 13.2 Å². The van der Waals surface area contributed by atoms with Crippen LogP contribution in [-0.4, -0.2) is 74.8 Å². The van der Waals surface area contributed by atoms with Gasteiger partial charge < -0.3 is 30.0 Å². The van der Waals surface area contributed by atoms with E-state index in [2.05, 4.69) is 5.32 Å². The van der Waals surface area contributed by atoms with Crippen LogP contribution in [0.2, 0.25) is 0 Å². The summed E-state index contributed by atoms with van der Waals surface area (Å²) >= 11 is 0. The van der Waals surface area contributed by atoms with Crippen LogP contribution in [0.1, 0.15) is 45.1 Å². The molecule has 4 fully saturated rings. The van der Waals surface area contributed by atoms with Crippen LogP contribution < -0.4 is 11.1 Å². The number of rotatable bonds is 6. The predicted molar refractivity (Wildman–Crippen MR) is 147 cm³/mol. The molecule has 0 aromatic heterocycles. The van der Waals surface area contributed by atoms with E-state index in [1.807, 2.05) is 51.1 Å². The summed E-state index contributed by atoms with van der Waals surface area (Å²) in [5.74, 6) is -0.853. The standard InChI is InChI=1S/C29H37N3O7S/c1-19-16-32(40(34,35)22-11-9-21(30)10-12-22)17-24(38-19)29(15-23(29)20-7-5-4-6-8-20)31-26(33)39-25-18-37-28(3)27(25,2)13-14-36-28/h4-12,19,23-25H,13-18,30H2,1-3H3,(H,31,33)/t19?,23?,24-,25+,27?,28-,29?/m1/s1. The third-order valence-electron chi connectivity index (χ3n) is 9.37. The fraction of sp³-hybridized carbons (Fsp3) is 0.552. The molecule has 0 bridgehead atoms. The number of carbonyl (C=O) groups is 1. The summed E-state index contributed by atoms with van der Waals surface area (Å²) < 4.78 is 52.8. The molecule has 11 heteroatoms. The van der Waals surface area contributed by atoms with Gasteiger partial charge in [-0.25, -0.2) is 13.2 Å². The van der Waals surface area contributed by atoms with Crippen LogP contribution in [0.5, 0.6) is 0 Å². The van der Waals surface area contributed by atoms with Crippen molar-refractivity contribution in [1.29, 1.82) is 0 Å². The van der Waals surface area contributed by atoms with Crippen molar-refractivity contribution < 1.29 is 32.2 Å². The Bertz CT molecular complexity index is 1370. The second-order valence-electron chi connectivity index (χ2n) is 11.8. The number of carbonyl (C=O) groups excluding carboxylic acids is 1. The molecule has 0 radical (unpaired) electrons. The highest BCUT2D eigenvalue weighted by molar-refractivity contribution is 7.89. The van der Waals surface area contributed by atoms with E-state index in [0.29, 0.717) is 18.7 Å². The molecule has 1 saturated carbocycles. The molecule has 2 aromatic rings. The maximum absolute atomic E-state index is 13.6. The third kappa shape index (κ3) is 4.48. The zero-order chi connectivity index (χ0) is 28.3. The van der Waals surface area contributed by atoms with Gasteiger partial charge >= 0.3 is 6.09 Å². The van der Waals surface area contributed by atoms with Gasteiger partial charge in [-0.15, -0.1) is 0 Å². The molecule has 3 saturated heterocycles. The van der Waals surface area contributed by atoms with Gasteiger partial charge in [-0.05, 0) is 56.5 Å². The minimum atomic E-state index is -3.81. The van der Waals surface area contributed by atoms with Crippen LogP contribution >= 0.6 is 0 Å². The number of amides is 1. The SMILES string of the molecule is CC1CN(S(=O)(=O)c2ccc(N)cc2)C[C@H](C2(NC(=O)O[C@H]3CO[C@@]4(C)OCCC34C)CC2c2ccccc2)O1. The molecule has 4 aliphatic rings. The normalized spacial score (nSPS) is 37.6. The Labute approximate surface area is 235 Å². The molecular weight excluding hydrogens is 534 g/mol. The van der Waals surface area contributed by atoms with Crippen molar-refractivity contribution in [2.75, 3.05) is 32.0 Å². The van der Waals surface area contributed by atoms with E-state index >= 15 is 0 Å². The number of sulfonamides is 1. The molecule has 3 heterocycles. The van der Waals surface area contributed by atoms with E-state index in [-0.39, 0.29) is 36.6 Å². The molecule has 6 rings (SSSR count). The van der Waals surface area contributed by atoms with E-state index in [0.717, 1.165) is 12.0 Å². The zero-order valence-electron chi connectivity index (χ0n) is 23.0. The van der Waals surface area contributed by atoms with Gasteiger partial charge in [-0.1, -0.05) is 37.3 Å².